The van der Waals surface area contributed by atoms with Crippen molar-refractivity contribution >= 4 is 11.9 Å². The Labute approximate surface area is 132 Å². The van der Waals surface area contributed by atoms with E-state index >= 15 is 0 Å². The summed E-state index contributed by atoms with van der Waals surface area (Å²) in [5.74, 6) is -2.10. The van der Waals surface area contributed by atoms with Gasteiger partial charge in [-0.05, 0) is 30.2 Å². The number of aliphatic carboxylic acids is 1. The van der Waals surface area contributed by atoms with Crippen molar-refractivity contribution < 1.29 is 19.1 Å². The van der Waals surface area contributed by atoms with Gasteiger partial charge in [-0.15, -0.1) is 0 Å². The lowest BCUT2D eigenvalue weighted by atomic mass is 10.0. The van der Waals surface area contributed by atoms with E-state index in [4.69, 9.17) is 5.11 Å². The minimum Gasteiger partial charge on any atom is -0.481 e. The first-order valence-corrected chi connectivity index (χ1v) is 7.11. The highest BCUT2D eigenvalue weighted by Gasteiger charge is 2.12. The van der Waals surface area contributed by atoms with Crippen molar-refractivity contribution in [2.24, 2.45) is 0 Å². The molecule has 23 heavy (non-hydrogen) atoms. The van der Waals surface area contributed by atoms with Crippen LogP contribution < -0.4 is 5.32 Å². The van der Waals surface area contributed by atoms with Crippen LogP contribution in [0.15, 0.2) is 30.7 Å². The summed E-state index contributed by atoms with van der Waals surface area (Å²) in [5, 5.41) is 11.0. The SMILES string of the molecule is CCc1ncncc1-c1cc(F)cc(C(=O)NCCC(=O)O)c1. The molecule has 0 unspecified atom stereocenters. The zero-order valence-electron chi connectivity index (χ0n) is 12.5. The number of aryl methyl sites for hydroxylation is 1. The second kappa shape index (κ2) is 7.44. The molecule has 1 aromatic heterocycles. The minimum absolute atomic E-state index is 0.0192. The Morgan fingerprint density at radius 1 is 1.30 bits per heavy atom. The van der Waals surface area contributed by atoms with Crippen LogP contribution in [-0.2, 0) is 11.2 Å². The Hall–Kier alpha value is -2.83. The first kappa shape index (κ1) is 16.5. The number of nitrogens with zero attached hydrogens (tertiary/aromatic N) is 2. The predicted octanol–water partition coefficient (Wildman–Crippen LogP) is 2.05. The van der Waals surface area contributed by atoms with E-state index in [1.165, 1.54) is 18.5 Å². The van der Waals surface area contributed by atoms with Crippen LogP contribution in [0.25, 0.3) is 11.1 Å². The Kier molecular flexibility index (Phi) is 5.35. The second-order valence-electron chi connectivity index (χ2n) is 4.86. The fourth-order valence-corrected chi connectivity index (χ4v) is 2.14. The molecule has 2 rings (SSSR count). The fourth-order valence-electron chi connectivity index (χ4n) is 2.14. The normalized spacial score (nSPS) is 10.3. The molecule has 0 spiro atoms. The summed E-state index contributed by atoms with van der Waals surface area (Å²) < 4.78 is 13.8. The van der Waals surface area contributed by atoms with Crippen molar-refractivity contribution in [3.05, 3.63) is 47.8 Å². The van der Waals surface area contributed by atoms with E-state index in [-0.39, 0.29) is 18.5 Å². The van der Waals surface area contributed by atoms with Crippen molar-refractivity contribution in [3.8, 4) is 11.1 Å². The molecule has 1 amide bonds. The van der Waals surface area contributed by atoms with Gasteiger partial charge in [0, 0.05) is 23.9 Å². The van der Waals surface area contributed by atoms with Crippen molar-refractivity contribution in [3.63, 3.8) is 0 Å². The van der Waals surface area contributed by atoms with Gasteiger partial charge in [-0.3, -0.25) is 9.59 Å². The molecule has 1 aromatic carbocycles. The van der Waals surface area contributed by atoms with Gasteiger partial charge in [0.1, 0.15) is 12.1 Å². The number of carbonyl (C=O) groups excluding carboxylic acids is 1. The molecular formula is C16H16FN3O3. The van der Waals surface area contributed by atoms with Gasteiger partial charge in [-0.1, -0.05) is 6.92 Å². The van der Waals surface area contributed by atoms with Crippen LogP contribution in [0.2, 0.25) is 0 Å². The van der Waals surface area contributed by atoms with Gasteiger partial charge < -0.3 is 10.4 Å². The highest BCUT2D eigenvalue weighted by molar-refractivity contribution is 5.95. The minimum atomic E-state index is -1.01. The molecule has 0 fully saturated rings. The van der Waals surface area contributed by atoms with E-state index in [0.717, 1.165) is 11.8 Å². The van der Waals surface area contributed by atoms with E-state index < -0.39 is 17.7 Å². The molecule has 2 N–H and O–H groups in total. The Balaban J connectivity index is 2.28. The summed E-state index contributed by atoms with van der Waals surface area (Å²) in [6.07, 6.45) is 3.45. The molecule has 0 aliphatic rings. The van der Waals surface area contributed by atoms with Crippen LogP contribution >= 0.6 is 0 Å². The number of carbonyl (C=O) groups is 2. The van der Waals surface area contributed by atoms with E-state index in [9.17, 15) is 14.0 Å². The molecule has 6 nitrogen and oxygen atoms in total. The summed E-state index contributed by atoms with van der Waals surface area (Å²) >= 11 is 0. The maximum atomic E-state index is 13.8. The molecular weight excluding hydrogens is 301 g/mol. The van der Waals surface area contributed by atoms with Gasteiger partial charge in [0.05, 0.1) is 12.1 Å². The monoisotopic (exact) mass is 317 g/mol. The number of hydrogen-bond acceptors (Lipinski definition) is 4. The Bertz CT molecular complexity index is 734. The van der Waals surface area contributed by atoms with Gasteiger partial charge in [-0.2, -0.15) is 0 Å². The zero-order chi connectivity index (χ0) is 16.8. The molecule has 0 atom stereocenters. The number of amides is 1. The number of carboxylic acid groups (broad SMARTS) is 1. The number of carboxylic acids is 1. The summed E-state index contributed by atoms with van der Waals surface area (Å²) in [6, 6.07) is 3.96. The largest absolute Gasteiger partial charge is 0.481 e. The summed E-state index contributed by atoms with van der Waals surface area (Å²) in [4.78, 5) is 30.6. The highest BCUT2D eigenvalue weighted by Crippen LogP contribution is 2.24. The van der Waals surface area contributed by atoms with Crippen molar-refractivity contribution in [1.82, 2.24) is 15.3 Å². The number of aromatic nitrogens is 2. The van der Waals surface area contributed by atoms with E-state index in [0.29, 0.717) is 17.5 Å². The van der Waals surface area contributed by atoms with Gasteiger partial charge in [0.25, 0.3) is 5.91 Å². The third-order valence-corrected chi connectivity index (χ3v) is 3.23. The lowest BCUT2D eigenvalue weighted by Gasteiger charge is -2.09. The standard InChI is InChI=1S/C16H16FN3O3/c1-2-14-13(8-18-9-20-14)10-5-11(7-12(17)6-10)16(23)19-4-3-15(21)22/h5-9H,2-4H2,1H3,(H,19,23)(H,21,22). The topological polar surface area (TPSA) is 92.2 Å². The molecule has 1 heterocycles. The van der Waals surface area contributed by atoms with Crippen molar-refractivity contribution in [1.29, 1.82) is 0 Å². The lowest BCUT2D eigenvalue weighted by Crippen LogP contribution is -2.26. The van der Waals surface area contributed by atoms with Crippen LogP contribution in [0.1, 0.15) is 29.4 Å². The first-order valence-electron chi connectivity index (χ1n) is 7.11. The maximum absolute atomic E-state index is 13.8. The molecule has 7 heteroatoms. The van der Waals surface area contributed by atoms with Crippen LogP contribution in [0.4, 0.5) is 4.39 Å². The number of halogens is 1. The van der Waals surface area contributed by atoms with Gasteiger partial charge >= 0.3 is 5.97 Å². The molecule has 0 radical (unpaired) electrons. The summed E-state index contributed by atoms with van der Waals surface area (Å²) in [6.45, 7) is 1.90. The van der Waals surface area contributed by atoms with E-state index in [1.54, 1.807) is 6.20 Å². The molecule has 0 saturated heterocycles. The molecule has 2 aromatic rings. The molecule has 0 bridgehead atoms. The molecule has 0 aliphatic heterocycles. The predicted molar refractivity (Wildman–Crippen MR) is 81.4 cm³/mol. The smallest absolute Gasteiger partial charge is 0.305 e. The average molecular weight is 317 g/mol. The molecule has 0 aliphatic carbocycles. The van der Waals surface area contributed by atoms with E-state index in [2.05, 4.69) is 15.3 Å². The number of benzene rings is 1. The van der Waals surface area contributed by atoms with Crippen LogP contribution in [0, 0.1) is 5.82 Å². The van der Waals surface area contributed by atoms with Gasteiger partial charge in [-0.25, -0.2) is 14.4 Å². The first-order chi connectivity index (χ1) is 11.0. The quantitative estimate of drug-likeness (QED) is 0.850. The zero-order valence-corrected chi connectivity index (χ0v) is 12.5. The van der Waals surface area contributed by atoms with Crippen LogP contribution in [-0.4, -0.2) is 33.5 Å². The van der Waals surface area contributed by atoms with Crippen LogP contribution in [0.3, 0.4) is 0 Å². The Morgan fingerprint density at radius 2 is 2.09 bits per heavy atom. The van der Waals surface area contributed by atoms with Gasteiger partial charge in [0.2, 0.25) is 0 Å². The van der Waals surface area contributed by atoms with E-state index in [1.807, 2.05) is 6.92 Å². The number of rotatable bonds is 6. The third-order valence-electron chi connectivity index (χ3n) is 3.23. The Morgan fingerprint density at radius 3 is 2.78 bits per heavy atom. The molecule has 0 saturated carbocycles. The average Bonchev–Trinajstić information content (AvgIpc) is 2.53. The van der Waals surface area contributed by atoms with Crippen molar-refractivity contribution in [2.45, 2.75) is 19.8 Å². The van der Waals surface area contributed by atoms with Crippen molar-refractivity contribution in [2.75, 3.05) is 6.54 Å². The number of nitrogens with one attached hydrogen (secondary N) is 1. The fraction of sp³-hybridized carbons (Fsp3) is 0.250. The van der Waals surface area contributed by atoms with Gasteiger partial charge in [0.15, 0.2) is 0 Å². The summed E-state index contributed by atoms with van der Waals surface area (Å²) in [7, 11) is 0. The third kappa shape index (κ3) is 4.32. The van der Waals surface area contributed by atoms with Crippen LogP contribution in [0.5, 0.6) is 0 Å². The second-order valence-corrected chi connectivity index (χ2v) is 4.86. The highest BCUT2D eigenvalue weighted by atomic mass is 19.1. The lowest BCUT2D eigenvalue weighted by molar-refractivity contribution is -0.136. The summed E-state index contributed by atoms with van der Waals surface area (Å²) in [5.41, 5.74) is 2.04. The number of hydrogen-bond donors (Lipinski definition) is 2. The maximum Gasteiger partial charge on any atom is 0.305 e. The molecule has 120 valence electrons.